The van der Waals surface area contributed by atoms with Gasteiger partial charge in [0.2, 0.25) is 0 Å². The number of hydrogen-bond donors (Lipinski definition) is 0. The predicted molar refractivity (Wildman–Crippen MR) is 84.6 cm³/mol. The normalized spacial score (nSPS) is 23.2. The van der Waals surface area contributed by atoms with Crippen LogP contribution in [-0.2, 0) is 0 Å². The molecule has 1 saturated carbocycles. The van der Waals surface area contributed by atoms with Crippen molar-refractivity contribution in [3.05, 3.63) is 47.7 Å². The van der Waals surface area contributed by atoms with Crippen LogP contribution in [0.5, 0.6) is 0 Å². The summed E-state index contributed by atoms with van der Waals surface area (Å²) in [6, 6.07) is 9.12. The fraction of sp³-hybridized carbons (Fsp3) is 0.500. The van der Waals surface area contributed by atoms with Gasteiger partial charge in [-0.2, -0.15) is 5.10 Å². The SMILES string of the molecule is CC=CN1N=Cc2ccccc2C1CC1CCCCC1. The molecule has 2 heteroatoms. The monoisotopic (exact) mass is 268 g/mol. The van der Waals surface area contributed by atoms with Gasteiger partial charge in [-0.3, -0.25) is 5.01 Å². The summed E-state index contributed by atoms with van der Waals surface area (Å²) >= 11 is 0. The Kier molecular flexibility index (Phi) is 4.19. The third-order valence-electron chi connectivity index (χ3n) is 4.59. The van der Waals surface area contributed by atoms with Crippen LogP contribution in [0.4, 0.5) is 0 Å². The minimum atomic E-state index is 0.412. The predicted octanol–water partition coefficient (Wildman–Crippen LogP) is 4.88. The fourth-order valence-corrected chi connectivity index (χ4v) is 3.55. The highest BCUT2D eigenvalue weighted by atomic mass is 15.5. The van der Waals surface area contributed by atoms with Gasteiger partial charge in [-0.25, -0.2) is 0 Å². The van der Waals surface area contributed by atoms with Gasteiger partial charge in [-0.1, -0.05) is 62.4 Å². The molecule has 2 aliphatic rings. The third kappa shape index (κ3) is 2.79. The Hall–Kier alpha value is -1.57. The Morgan fingerprint density at radius 1 is 1.20 bits per heavy atom. The molecule has 0 aromatic heterocycles. The standard InChI is InChI=1S/C18H24N2/c1-2-12-20-18(13-15-8-4-3-5-9-15)17-11-7-6-10-16(17)14-19-20/h2,6-7,10-12,14-15,18H,3-5,8-9,13H2,1H3. The lowest BCUT2D eigenvalue weighted by Gasteiger charge is -2.34. The van der Waals surface area contributed by atoms with E-state index in [0.29, 0.717) is 6.04 Å². The maximum atomic E-state index is 4.63. The zero-order valence-corrected chi connectivity index (χ0v) is 12.3. The van der Waals surface area contributed by atoms with Gasteiger partial charge in [0.05, 0.1) is 12.3 Å². The number of rotatable bonds is 3. The van der Waals surface area contributed by atoms with E-state index < -0.39 is 0 Å². The lowest BCUT2D eigenvalue weighted by Crippen LogP contribution is -2.26. The van der Waals surface area contributed by atoms with E-state index in [1.807, 2.05) is 6.21 Å². The lowest BCUT2D eigenvalue weighted by molar-refractivity contribution is 0.213. The first-order valence-electron chi connectivity index (χ1n) is 7.92. The Balaban J connectivity index is 1.84. The summed E-state index contributed by atoms with van der Waals surface area (Å²) in [5.74, 6) is 0.864. The summed E-state index contributed by atoms with van der Waals surface area (Å²) in [5.41, 5.74) is 2.72. The topological polar surface area (TPSA) is 15.6 Å². The average molecular weight is 268 g/mol. The highest BCUT2D eigenvalue weighted by Crippen LogP contribution is 2.37. The largest absolute Gasteiger partial charge is 0.266 e. The van der Waals surface area contributed by atoms with E-state index in [0.717, 1.165) is 5.92 Å². The molecule has 2 nitrogen and oxygen atoms in total. The summed E-state index contributed by atoms with van der Waals surface area (Å²) in [4.78, 5) is 0. The molecule has 0 N–H and O–H groups in total. The van der Waals surface area contributed by atoms with Crippen molar-refractivity contribution < 1.29 is 0 Å². The van der Waals surface area contributed by atoms with E-state index in [1.165, 1.54) is 49.7 Å². The average Bonchev–Trinajstić information content (AvgIpc) is 2.51. The smallest absolute Gasteiger partial charge is 0.0777 e. The van der Waals surface area contributed by atoms with Gasteiger partial charge in [0, 0.05) is 6.20 Å². The van der Waals surface area contributed by atoms with Crippen molar-refractivity contribution in [1.29, 1.82) is 0 Å². The number of benzene rings is 1. The molecule has 0 amide bonds. The molecule has 1 unspecified atom stereocenters. The Bertz CT molecular complexity index is 498. The molecule has 1 aliphatic carbocycles. The maximum absolute atomic E-state index is 4.63. The minimum absolute atomic E-state index is 0.412. The number of fused-ring (bicyclic) bond motifs is 1. The molecule has 0 bridgehead atoms. The molecular weight excluding hydrogens is 244 g/mol. The van der Waals surface area contributed by atoms with Crippen LogP contribution in [0.25, 0.3) is 0 Å². The number of hydrazone groups is 1. The van der Waals surface area contributed by atoms with E-state index in [2.05, 4.69) is 53.6 Å². The summed E-state index contributed by atoms with van der Waals surface area (Å²) in [5, 5.41) is 6.78. The summed E-state index contributed by atoms with van der Waals surface area (Å²) in [6.45, 7) is 2.06. The molecule has 20 heavy (non-hydrogen) atoms. The zero-order valence-electron chi connectivity index (χ0n) is 12.3. The highest BCUT2D eigenvalue weighted by molar-refractivity contribution is 5.82. The Morgan fingerprint density at radius 3 is 2.80 bits per heavy atom. The van der Waals surface area contributed by atoms with E-state index in [-0.39, 0.29) is 0 Å². The van der Waals surface area contributed by atoms with Crippen molar-refractivity contribution in [3.63, 3.8) is 0 Å². The summed E-state index contributed by atoms with van der Waals surface area (Å²) < 4.78 is 0. The van der Waals surface area contributed by atoms with E-state index >= 15 is 0 Å². The Labute approximate surface area is 122 Å². The maximum Gasteiger partial charge on any atom is 0.0777 e. The number of nitrogens with zero attached hydrogens (tertiary/aromatic N) is 2. The molecule has 106 valence electrons. The van der Waals surface area contributed by atoms with Crippen LogP contribution in [0.3, 0.4) is 0 Å². The molecule has 0 spiro atoms. The Morgan fingerprint density at radius 2 is 2.00 bits per heavy atom. The van der Waals surface area contributed by atoms with Crippen molar-refractivity contribution in [2.75, 3.05) is 0 Å². The molecule has 1 heterocycles. The first-order chi connectivity index (χ1) is 9.88. The molecule has 1 aliphatic heterocycles. The molecule has 1 aromatic rings. The first-order valence-corrected chi connectivity index (χ1v) is 7.92. The van der Waals surface area contributed by atoms with Crippen molar-refractivity contribution in [3.8, 4) is 0 Å². The lowest BCUT2D eigenvalue weighted by atomic mass is 9.82. The molecule has 3 rings (SSSR count). The van der Waals surface area contributed by atoms with Crippen molar-refractivity contribution in [2.24, 2.45) is 11.0 Å². The summed E-state index contributed by atoms with van der Waals surface area (Å²) in [7, 11) is 0. The third-order valence-corrected chi connectivity index (χ3v) is 4.59. The van der Waals surface area contributed by atoms with Crippen LogP contribution >= 0.6 is 0 Å². The minimum Gasteiger partial charge on any atom is -0.266 e. The van der Waals surface area contributed by atoms with Crippen LogP contribution in [-0.4, -0.2) is 11.2 Å². The van der Waals surface area contributed by atoms with Crippen molar-refractivity contribution in [1.82, 2.24) is 5.01 Å². The van der Waals surface area contributed by atoms with Gasteiger partial charge in [0.25, 0.3) is 0 Å². The van der Waals surface area contributed by atoms with E-state index in [4.69, 9.17) is 0 Å². The fourth-order valence-electron chi connectivity index (χ4n) is 3.55. The van der Waals surface area contributed by atoms with Crippen molar-refractivity contribution >= 4 is 6.21 Å². The van der Waals surface area contributed by atoms with Crippen molar-refractivity contribution in [2.45, 2.75) is 51.5 Å². The molecule has 1 aromatic carbocycles. The zero-order chi connectivity index (χ0) is 13.8. The first kappa shape index (κ1) is 13.4. The quantitative estimate of drug-likeness (QED) is 0.762. The number of hydrogen-bond acceptors (Lipinski definition) is 2. The van der Waals surface area contributed by atoms with Gasteiger partial charge in [0.1, 0.15) is 0 Å². The van der Waals surface area contributed by atoms with Gasteiger partial charge in [-0.15, -0.1) is 0 Å². The van der Waals surface area contributed by atoms with Gasteiger partial charge in [-0.05, 0) is 30.4 Å². The van der Waals surface area contributed by atoms with Gasteiger partial charge < -0.3 is 0 Å². The molecule has 1 fully saturated rings. The molecule has 0 saturated heterocycles. The van der Waals surface area contributed by atoms with E-state index in [1.54, 1.807) is 0 Å². The van der Waals surface area contributed by atoms with Crippen LogP contribution < -0.4 is 0 Å². The van der Waals surface area contributed by atoms with Crippen LogP contribution in [0.1, 0.15) is 62.6 Å². The van der Waals surface area contributed by atoms with Gasteiger partial charge in [0.15, 0.2) is 0 Å². The van der Waals surface area contributed by atoms with Crippen LogP contribution in [0.2, 0.25) is 0 Å². The van der Waals surface area contributed by atoms with Gasteiger partial charge >= 0.3 is 0 Å². The van der Waals surface area contributed by atoms with E-state index in [9.17, 15) is 0 Å². The summed E-state index contributed by atoms with van der Waals surface area (Å²) in [6.07, 6.45) is 14.5. The number of allylic oxidation sites excluding steroid dienone is 1. The molecular formula is C18H24N2. The van der Waals surface area contributed by atoms with Crippen LogP contribution in [0, 0.1) is 5.92 Å². The molecule has 0 radical (unpaired) electrons. The second-order valence-electron chi connectivity index (χ2n) is 5.99. The second-order valence-corrected chi connectivity index (χ2v) is 5.99. The second kappa shape index (κ2) is 6.25. The molecule has 1 atom stereocenters. The highest BCUT2D eigenvalue weighted by Gasteiger charge is 2.27. The van der Waals surface area contributed by atoms with Crippen LogP contribution in [0.15, 0.2) is 41.6 Å².